The number of hydrogen-bond donors (Lipinski definition) is 1. The molecule has 0 amide bonds. The Bertz CT molecular complexity index is 416. The summed E-state index contributed by atoms with van der Waals surface area (Å²) in [6.07, 6.45) is 6.25. The molecule has 0 aliphatic rings. The van der Waals surface area contributed by atoms with E-state index in [-0.39, 0.29) is 0 Å². The summed E-state index contributed by atoms with van der Waals surface area (Å²) in [5.41, 5.74) is 1.86. The lowest BCUT2D eigenvalue weighted by Gasteiger charge is -2.09. The Labute approximate surface area is 94.8 Å². The summed E-state index contributed by atoms with van der Waals surface area (Å²) in [6, 6.07) is 9.49. The van der Waals surface area contributed by atoms with E-state index in [1.807, 2.05) is 36.5 Å². The van der Waals surface area contributed by atoms with E-state index in [9.17, 15) is 5.11 Å². The first kappa shape index (κ1) is 10.8. The first-order chi connectivity index (χ1) is 7.86. The van der Waals surface area contributed by atoms with Crippen LogP contribution in [0.3, 0.4) is 0 Å². The van der Waals surface area contributed by atoms with Gasteiger partial charge in [-0.15, -0.1) is 0 Å². The summed E-state index contributed by atoms with van der Waals surface area (Å²) in [7, 11) is 0. The Balaban J connectivity index is 1.92. The van der Waals surface area contributed by atoms with E-state index >= 15 is 0 Å². The zero-order valence-electron chi connectivity index (χ0n) is 8.95. The van der Waals surface area contributed by atoms with E-state index < -0.39 is 6.10 Å². The van der Waals surface area contributed by atoms with Crippen LogP contribution in [0.5, 0.6) is 0 Å². The molecule has 16 heavy (non-hydrogen) atoms. The molecule has 82 valence electrons. The fourth-order valence-electron chi connectivity index (χ4n) is 1.57. The van der Waals surface area contributed by atoms with E-state index in [0.29, 0.717) is 6.42 Å². The molecule has 0 aliphatic heterocycles. The second kappa shape index (κ2) is 5.37. The SMILES string of the molecule is OC(CCc1cccnc1)c1ccccn1. The van der Waals surface area contributed by atoms with E-state index in [2.05, 4.69) is 9.97 Å². The van der Waals surface area contributed by atoms with Gasteiger partial charge in [0.05, 0.1) is 11.8 Å². The van der Waals surface area contributed by atoms with E-state index in [4.69, 9.17) is 0 Å². The van der Waals surface area contributed by atoms with Gasteiger partial charge in [-0.2, -0.15) is 0 Å². The summed E-state index contributed by atoms with van der Waals surface area (Å²) in [4.78, 5) is 8.16. The Morgan fingerprint density at radius 1 is 1.12 bits per heavy atom. The third-order valence-electron chi connectivity index (χ3n) is 2.46. The van der Waals surface area contributed by atoms with Gasteiger partial charge in [0.25, 0.3) is 0 Å². The molecule has 0 aliphatic carbocycles. The minimum atomic E-state index is -0.499. The van der Waals surface area contributed by atoms with Gasteiger partial charge in [0.15, 0.2) is 0 Å². The van der Waals surface area contributed by atoms with Crippen LogP contribution in [0.15, 0.2) is 48.9 Å². The van der Waals surface area contributed by atoms with Crippen molar-refractivity contribution in [3.05, 3.63) is 60.2 Å². The smallest absolute Gasteiger partial charge is 0.0962 e. The number of pyridine rings is 2. The third kappa shape index (κ3) is 2.87. The molecule has 0 fully saturated rings. The number of aryl methyl sites for hydroxylation is 1. The number of aliphatic hydroxyl groups is 1. The Morgan fingerprint density at radius 2 is 2.06 bits per heavy atom. The van der Waals surface area contributed by atoms with Gasteiger partial charge < -0.3 is 5.11 Å². The summed E-state index contributed by atoms with van der Waals surface area (Å²) < 4.78 is 0. The van der Waals surface area contributed by atoms with Crippen LogP contribution in [-0.4, -0.2) is 15.1 Å². The molecule has 0 saturated heterocycles. The van der Waals surface area contributed by atoms with Gasteiger partial charge in [0, 0.05) is 18.6 Å². The number of aromatic nitrogens is 2. The van der Waals surface area contributed by atoms with Crippen LogP contribution in [-0.2, 0) is 6.42 Å². The van der Waals surface area contributed by atoms with Crippen LogP contribution in [0.1, 0.15) is 23.8 Å². The van der Waals surface area contributed by atoms with Crippen LogP contribution < -0.4 is 0 Å². The van der Waals surface area contributed by atoms with Gasteiger partial charge in [-0.3, -0.25) is 9.97 Å². The van der Waals surface area contributed by atoms with Gasteiger partial charge in [0.1, 0.15) is 0 Å². The lowest BCUT2D eigenvalue weighted by Crippen LogP contribution is -2.01. The highest BCUT2D eigenvalue weighted by Crippen LogP contribution is 2.16. The topological polar surface area (TPSA) is 46.0 Å². The summed E-state index contributed by atoms with van der Waals surface area (Å²) in [5.74, 6) is 0. The van der Waals surface area contributed by atoms with Crippen molar-refractivity contribution in [3.63, 3.8) is 0 Å². The molecule has 3 nitrogen and oxygen atoms in total. The average molecular weight is 214 g/mol. The molecular weight excluding hydrogens is 200 g/mol. The van der Waals surface area contributed by atoms with E-state index in [1.165, 1.54) is 0 Å². The average Bonchev–Trinajstić information content (AvgIpc) is 2.38. The van der Waals surface area contributed by atoms with Crippen molar-refractivity contribution in [2.45, 2.75) is 18.9 Å². The van der Waals surface area contributed by atoms with Crippen molar-refractivity contribution < 1.29 is 5.11 Å². The molecule has 1 atom stereocenters. The lowest BCUT2D eigenvalue weighted by atomic mass is 10.1. The van der Waals surface area contributed by atoms with Crippen molar-refractivity contribution in [3.8, 4) is 0 Å². The maximum absolute atomic E-state index is 9.90. The molecule has 2 heterocycles. The van der Waals surface area contributed by atoms with Gasteiger partial charge in [0.2, 0.25) is 0 Å². The van der Waals surface area contributed by atoms with Crippen molar-refractivity contribution in [1.82, 2.24) is 9.97 Å². The minimum Gasteiger partial charge on any atom is -0.387 e. The van der Waals surface area contributed by atoms with Crippen LogP contribution in [0.4, 0.5) is 0 Å². The molecule has 0 aromatic carbocycles. The van der Waals surface area contributed by atoms with Crippen LogP contribution in [0.2, 0.25) is 0 Å². The zero-order chi connectivity index (χ0) is 11.2. The lowest BCUT2D eigenvalue weighted by molar-refractivity contribution is 0.163. The predicted octanol–water partition coefficient (Wildman–Crippen LogP) is 2.14. The Morgan fingerprint density at radius 3 is 2.75 bits per heavy atom. The first-order valence-electron chi connectivity index (χ1n) is 5.34. The standard InChI is InChI=1S/C13H14N2O/c16-13(12-5-1-2-9-15-12)7-6-11-4-3-8-14-10-11/h1-5,8-10,13,16H,6-7H2. The molecule has 1 unspecified atom stereocenters. The molecule has 1 N–H and O–H groups in total. The van der Waals surface area contributed by atoms with E-state index in [0.717, 1.165) is 17.7 Å². The minimum absolute atomic E-state index is 0.499. The summed E-state index contributed by atoms with van der Waals surface area (Å²) >= 11 is 0. The monoisotopic (exact) mass is 214 g/mol. The van der Waals surface area contributed by atoms with Crippen molar-refractivity contribution in [1.29, 1.82) is 0 Å². The molecule has 2 rings (SSSR count). The van der Waals surface area contributed by atoms with Gasteiger partial charge in [-0.25, -0.2) is 0 Å². The number of aliphatic hydroxyl groups excluding tert-OH is 1. The van der Waals surface area contributed by atoms with Crippen molar-refractivity contribution in [2.75, 3.05) is 0 Å². The van der Waals surface area contributed by atoms with E-state index in [1.54, 1.807) is 12.4 Å². The molecule has 0 spiro atoms. The normalized spacial score (nSPS) is 12.3. The number of rotatable bonds is 4. The van der Waals surface area contributed by atoms with Gasteiger partial charge in [-0.1, -0.05) is 12.1 Å². The Hall–Kier alpha value is -1.74. The quantitative estimate of drug-likeness (QED) is 0.848. The van der Waals surface area contributed by atoms with Crippen molar-refractivity contribution >= 4 is 0 Å². The summed E-state index contributed by atoms with van der Waals surface area (Å²) in [5, 5.41) is 9.90. The number of hydrogen-bond acceptors (Lipinski definition) is 3. The second-order valence-electron chi connectivity index (χ2n) is 3.67. The Kier molecular flexibility index (Phi) is 3.62. The van der Waals surface area contributed by atoms with Crippen LogP contribution in [0.25, 0.3) is 0 Å². The predicted molar refractivity (Wildman–Crippen MR) is 61.8 cm³/mol. The summed E-state index contributed by atoms with van der Waals surface area (Å²) in [6.45, 7) is 0. The highest BCUT2D eigenvalue weighted by Gasteiger charge is 2.07. The van der Waals surface area contributed by atoms with Crippen LogP contribution >= 0.6 is 0 Å². The molecule has 0 radical (unpaired) electrons. The molecular formula is C13H14N2O. The maximum Gasteiger partial charge on any atom is 0.0962 e. The zero-order valence-corrected chi connectivity index (χ0v) is 8.95. The second-order valence-corrected chi connectivity index (χ2v) is 3.67. The number of nitrogens with zero attached hydrogens (tertiary/aromatic N) is 2. The van der Waals surface area contributed by atoms with Gasteiger partial charge >= 0.3 is 0 Å². The largest absolute Gasteiger partial charge is 0.387 e. The molecule has 0 saturated carbocycles. The molecule has 2 aromatic heterocycles. The molecule has 3 heteroatoms. The fraction of sp³-hybridized carbons (Fsp3) is 0.231. The fourth-order valence-corrected chi connectivity index (χ4v) is 1.57. The highest BCUT2D eigenvalue weighted by molar-refractivity contribution is 5.11. The third-order valence-corrected chi connectivity index (χ3v) is 2.46. The first-order valence-corrected chi connectivity index (χ1v) is 5.34. The van der Waals surface area contributed by atoms with Crippen molar-refractivity contribution in [2.24, 2.45) is 0 Å². The highest BCUT2D eigenvalue weighted by atomic mass is 16.3. The molecule has 0 bridgehead atoms. The van der Waals surface area contributed by atoms with Crippen LogP contribution in [0, 0.1) is 0 Å². The molecule has 2 aromatic rings. The van der Waals surface area contributed by atoms with Gasteiger partial charge in [-0.05, 0) is 36.6 Å². The maximum atomic E-state index is 9.90.